The van der Waals surface area contributed by atoms with Gasteiger partial charge in [0, 0.05) is 48.7 Å². The Morgan fingerprint density at radius 1 is 1.24 bits per heavy atom. The van der Waals surface area contributed by atoms with Gasteiger partial charge in [-0.25, -0.2) is 14.2 Å². The number of likely N-dealkylation sites (N-methyl/N-ethyl adjacent to an activating group) is 1. The van der Waals surface area contributed by atoms with E-state index in [1.54, 1.807) is 11.9 Å². The van der Waals surface area contributed by atoms with Crippen LogP contribution in [0.15, 0.2) is 52.2 Å². The molecule has 0 amide bonds. The van der Waals surface area contributed by atoms with Crippen LogP contribution in [0.4, 0.5) is 29.1 Å². The van der Waals surface area contributed by atoms with Gasteiger partial charge in [0.15, 0.2) is 5.82 Å². The maximum absolute atomic E-state index is 15.4. The zero-order chi connectivity index (χ0) is 30.1. The molecule has 2 aromatic carbocycles. The van der Waals surface area contributed by atoms with E-state index < -0.39 is 38.7 Å². The summed E-state index contributed by atoms with van der Waals surface area (Å²) in [5, 5.41) is 1.50. The Morgan fingerprint density at radius 3 is 2.56 bits per heavy atom. The number of alkyl halides is 3. The Bertz CT molecular complexity index is 1510. The summed E-state index contributed by atoms with van der Waals surface area (Å²) < 4.78 is 80.1. The number of carbonyl (C=O) groups is 1. The number of carbonyl (C=O) groups excluding carboxylic acids is 1. The maximum atomic E-state index is 15.4. The third kappa shape index (κ3) is 6.56. The van der Waals surface area contributed by atoms with Crippen LogP contribution in [0.25, 0.3) is 0 Å². The number of benzene rings is 2. The molecule has 0 unspecified atom stereocenters. The lowest BCUT2D eigenvalue weighted by Crippen LogP contribution is -2.39. The number of sulfonamides is 1. The fourth-order valence-electron chi connectivity index (χ4n) is 4.70. The van der Waals surface area contributed by atoms with Gasteiger partial charge in [0.25, 0.3) is 10.0 Å². The van der Waals surface area contributed by atoms with Crippen LogP contribution in [0.2, 0.25) is 10.0 Å². The molecule has 0 radical (unpaired) electrons. The van der Waals surface area contributed by atoms with E-state index in [4.69, 9.17) is 23.2 Å². The molecule has 0 spiro atoms. The van der Waals surface area contributed by atoms with E-state index in [1.165, 1.54) is 0 Å². The fourth-order valence-corrected chi connectivity index (χ4v) is 7.16. The van der Waals surface area contributed by atoms with Crippen molar-refractivity contribution in [1.82, 2.24) is 9.88 Å². The molecule has 1 aromatic heterocycles. The van der Waals surface area contributed by atoms with Crippen LogP contribution < -0.4 is 9.37 Å². The number of anilines is 2. The molecule has 222 valence electrons. The van der Waals surface area contributed by atoms with Gasteiger partial charge in [-0.1, -0.05) is 52.8 Å². The molecule has 2 atom stereocenters. The molecule has 1 aliphatic heterocycles. The van der Waals surface area contributed by atoms with Gasteiger partial charge in [-0.15, -0.1) is 11.3 Å². The monoisotopic (exact) mass is 654 g/mol. The topological polar surface area (TPSA) is 83.0 Å². The number of hydrogen-bond donors (Lipinski definition) is 0. The first-order chi connectivity index (χ1) is 19.3. The summed E-state index contributed by atoms with van der Waals surface area (Å²) in [6.45, 7) is 3.36. The summed E-state index contributed by atoms with van der Waals surface area (Å²) in [5.74, 6) is -4.80. The summed E-state index contributed by atoms with van der Waals surface area (Å²) in [4.78, 5) is 22.1. The Morgan fingerprint density at radius 2 is 1.95 bits per heavy atom. The van der Waals surface area contributed by atoms with Crippen LogP contribution in [0.5, 0.6) is 0 Å². The van der Waals surface area contributed by atoms with Crippen molar-refractivity contribution in [2.24, 2.45) is 0 Å². The highest BCUT2D eigenvalue weighted by Gasteiger charge is 2.46. The Labute approximate surface area is 248 Å². The number of nitrogens with zero attached hydrogens (tertiary/aromatic N) is 4. The Kier molecular flexibility index (Phi) is 9.38. The summed E-state index contributed by atoms with van der Waals surface area (Å²) >= 11 is 13.7. The lowest BCUT2D eigenvalue weighted by Gasteiger charge is -2.31. The van der Waals surface area contributed by atoms with E-state index in [-0.39, 0.29) is 27.3 Å². The van der Waals surface area contributed by atoms with Crippen molar-refractivity contribution >= 4 is 62.0 Å². The molecule has 4 rings (SSSR count). The van der Waals surface area contributed by atoms with E-state index in [0.717, 1.165) is 52.9 Å². The highest BCUT2D eigenvalue weighted by Crippen LogP contribution is 2.38. The molecule has 0 aliphatic carbocycles. The number of aromatic nitrogens is 1. The minimum Gasteiger partial charge on any atom is -0.369 e. The standard InChI is InChI=1S/C25H24Cl2F4N4O4S2/c1-3-20(16-6-4-5-7-17(16)26)34-9-8-15(12-34)33(2)21-11-19(28)22(10-18(21)27)41(37,38)35(23-13-40-14-32-23)39-24(36)25(29,30)31/h4-7,10-11,13-15,20H,3,8-9,12H2,1-2H3/t15-,20-/m0/s1. The second-order valence-corrected chi connectivity index (χ2v) is 12.4. The van der Waals surface area contributed by atoms with E-state index in [1.807, 2.05) is 24.3 Å². The first kappa shape index (κ1) is 31.3. The minimum atomic E-state index is -5.52. The molecule has 1 aliphatic rings. The first-order valence-electron chi connectivity index (χ1n) is 12.2. The van der Waals surface area contributed by atoms with Gasteiger partial charge in [0.2, 0.25) is 0 Å². The molecule has 2 heterocycles. The molecular formula is C25H24Cl2F4N4O4S2. The molecular weight excluding hydrogens is 631 g/mol. The van der Waals surface area contributed by atoms with Gasteiger partial charge < -0.3 is 9.74 Å². The van der Waals surface area contributed by atoms with Crippen molar-refractivity contribution in [3.63, 3.8) is 0 Å². The van der Waals surface area contributed by atoms with Crippen molar-refractivity contribution in [1.29, 1.82) is 0 Å². The molecule has 41 heavy (non-hydrogen) atoms. The van der Waals surface area contributed by atoms with Crippen molar-refractivity contribution in [2.75, 3.05) is 29.5 Å². The van der Waals surface area contributed by atoms with E-state index in [9.17, 15) is 26.4 Å². The van der Waals surface area contributed by atoms with E-state index >= 15 is 4.39 Å². The third-order valence-corrected chi connectivity index (χ3v) is 9.50. The van der Waals surface area contributed by atoms with Crippen molar-refractivity contribution in [2.45, 2.75) is 42.9 Å². The lowest BCUT2D eigenvalue weighted by molar-refractivity contribution is -0.199. The van der Waals surface area contributed by atoms with Crippen LogP contribution in [-0.4, -0.2) is 56.6 Å². The normalized spacial score (nSPS) is 16.9. The van der Waals surface area contributed by atoms with Crippen molar-refractivity contribution in [3.8, 4) is 0 Å². The fraction of sp³-hybridized carbons (Fsp3) is 0.360. The van der Waals surface area contributed by atoms with Gasteiger partial charge in [0.05, 0.1) is 16.2 Å². The lowest BCUT2D eigenvalue weighted by atomic mass is 10.0. The SMILES string of the molecule is CC[C@@H](c1ccccc1Cl)N1CC[C@H](N(C)c2cc(F)c(S(=O)(=O)N(OC(=O)C(F)(F)F)c3cscn3)cc2Cl)C1. The highest BCUT2D eigenvalue weighted by molar-refractivity contribution is 7.92. The van der Waals surface area contributed by atoms with E-state index in [2.05, 4.69) is 21.6 Å². The van der Waals surface area contributed by atoms with Crippen LogP contribution in [0.3, 0.4) is 0 Å². The molecule has 1 fully saturated rings. The third-order valence-electron chi connectivity index (χ3n) is 6.72. The Hall–Kier alpha value is -2.65. The maximum Gasteiger partial charge on any atom is 0.493 e. The summed E-state index contributed by atoms with van der Waals surface area (Å²) in [5.41, 5.74) is 2.27. The molecule has 1 saturated heterocycles. The predicted molar refractivity (Wildman–Crippen MR) is 148 cm³/mol. The molecule has 0 bridgehead atoms. The number of thiazole rings is 1. The van der Waals surface area contributed by atoms with E-state index in [0.29, 0.717) is 18.0 Å². The average molecular weight is 656 g/mol. The second kappa shape index (κ2) is 12.3. The van der Waals surface area contributed by atoms with Crippen LogP contribution in [0.1, 0.15) is 31.4 Å². The summed E-state index contributed by atoms with van der Waals surface area (Å²) in [7, 11) is -3.53. The molecule has 0 saturated carbocycles. The van der Waals surface area contributed by atoms with Gasteiger partial charge >= 0.3 is 12.1 Å². The number of likely N-dealkylation sites (tertiary alicyclic amines) is 1. The first-order valence-corrected chi connectivity index (χ1v) is 15.3. The minimum absolute atomic E-state index is 0.0536. The second-order valence-electron chi connectivity index (χ2n) is 9.18. The molecule has 16 heteroatoms. The van der Waals surface area contributed by atoms with Gasteiger partial charge in [0.1, 0.15) is 10.7 Å². The largest absolute Gasteiger partial charge is 0.493 e. The van der Waals surface area contributed by atoms with Crippen molar-refractivity contribution in [3.05, 3.63) is 68.7 Å². The number of halogens is 6. The summed E-state index contributed by atoms with van der Waals surface area (Å²) in [6, 6.07) is 9.16. The highest BCUT2D eigenvalue weighted by atomic mass is 35.5. The average Bonchev–Trinajstić information content (AvgIpc) is 3.61. The molecule has 0 N–H and O–H groups in total. The predicted octanol–water partition coefficient (Wildman–Crippen LogP) is 6.47. The van der Waals surface area contributed by atoms with Crippen LogP contribution in [0, 0.1) is 5.82 Å². The van der Waals surface area contributed by atoms with Gasteiger partial charge in [-0.2, -0.15) is 21.6 Å². The van der Waals surface area contributed by atoms with Gasteiger partial charge in [-0.3, -0.25) is 4.90 Å². The molecule has 8 nitrogen and oxygen atoms in total. The molecule has 3 aromatic rings. The zero-order valence-electron chi connectivity index (χ0n) is 21.6. The zero-order valence-corrected chi connectivity index (χ0v) is 24.8. The smallest absolute Gasteiger partial charge is 0.369 e. The van der Waals surface area contributed by atoms with Crippen molar-refractivity contribution < 1.29 is 35.6 Å². The summed E-state index contributed by atoms with van der Waals surface area (Å²) in [6.07, 6.45) is -4.03. The number of rotatable bonds is 9. The quantitative estimate of drug-likeness (QED) is 0.193. The number of hydrogen-bond acceptors (Lipinski definition) is 8. The Balaban J connectivity index is 1.60. The van der Waals surface area contributed by atoms with Crippen LogP contribution >= 0.6 is 34.5 Å². The van der Waals surface area contributed by atoms with Crippen LogP contribution in [-0.2, 0) is 19.7 Å². The van der Waals surface area contributed by atoms with Gasteiger partial charge in [-0.05, 0) is 30.5 Å².